The second kappa shape index (κ2) is 25.6. The summed E-state index contributed by atoms with van der Waals surface area (Å²) >= 11 is 5.76. The number of nitrogens with zero attached hydrogens (tertiary/aromatic N) is 2. The van der Waals surface area contributed by atoms with Gasteiger partial charge in [-0.2, -0.15) is 0 Å². The SMILES string of the molecule is CC[C@H]1OC(=O)[C@H](C)[C@@H](O[C@H]2C[C@@](C)(OC)[C@@H](O)[C@H](C)O2)[C@H](C)[C@@H](O[C@@H]2O[C@H](C)C[C@H](N(C)C)[C@H]2O)[C@](C)(O)C[C@@H](C)CN(CCCNC(=S)Nc2cc(-c3ccccc3)ccc2OC)[C@H](C)[C@@H](O)[C@]1(C)O. The van der Waals surface area contributed by atoms with E-state index >= 15 is 0 Å². The highest BCUT2D eigenvalue weighted by Crippen LogP contribution is 2.41. The van der Waals surface area contributed by atoms with E-state index in [9.17, 15) is 30.3 Å². The molecule has 0 saturated carbocycles. The number of rotatable bonds is 14. The molecule has 17 nitrogen and oxygen atoms in total. The van der Waals surface area contributed by atoms with Crippen LogP contribution in [0.5, 0.6) is 5.75 Å². The predicted octanol–water partition coefficient (Wildman–Crippen LogP) is 5.32. The van der Waals surface area contributed by atoms with Gasteiger partial charge in [0.25, 0.3) is 0 Å². The van der Waals surface area contributed by atoms with E-state index in [0.29, 0.717) is 49.0 Å². The van der Waals surface area contributed by atoms with E-state index in [1.165, 1.54) is 14.0 Å². The maximum Gasteiger partial charge on any atom is 0.311 e. The summed E-state index contributed by atoms with van der Waals surface area (Å²) in [5.41, 5.74) is -1.86. The fourth-order valence-electron chi connectivity index (χ4n) is 11.2. The van der Waals surface area contributed by atoms with Crippen LogP contribution in [0.3, 0.4) is 0 Å². The molecular weight excluding hydrogens is 945 g/mol. The van der Waals surface area contributed by atoms with Crippen molar-refractivity contribution in [2.24, 2.45) is 17.8 Å². The molecule has 0 amide bonds. The Labute approximate surface area is 434 Å². The summed E-state index contributed by atoms with van der Waals surface area (Å²) < 4.78 is 43.9. The van der Waals surface area contributed by atoms with Gasteiger partial charge in [0.05, 0.1) is 54.3 Å². The summed E-state index contributed by atoms with van der Waals surface area (Å²) in [4.78, 5) is 18.6. The van der Waals surface area contributed by atoms with Crippen molar-refractivity contribution in [1.82, 2.24) is 15.1 Å². The number of aliphatic hydroxyl groups is 5. The number of esters is 1. The number of carbonyl (C=O) groups excluding carboxylic acids is 1. The molecule has 18 heteroatoms. The van der Waals surface area contributed by atoms with Gasteiger partial charge in [-0.3, -0.25) is 9.69 Å². The van der Waals surface area contributed by atoms with Gasteiger partial charge in [0, 0.05) is 51.2 Å². The molecule has 3 aliphatic rings. The molecule has 0 radical (unpaired) electrons. The smallest absolute Gasteiger partial charge is 0.311 e. The highest BCUT2D eigenvalue weighted by atomic mass is 32.1. The average molecular weight is 1030 g/mol. The molecule has 0 bridgehead atoms. The van der Waals surface area contributed by atoms with Gasteiger partial charge in [-0.05, 0) is 130 Å². The van der Waals surface area contributed by atoms with Crippen LogP contribution >= 0.6 is 12.2 Å². The monoisotopic (exact) mass is 1030 g/mol. The Morgan fingerprint density at radius 2 is 1.60 bits per heavy atom. The molecule has 18 atom stereocenters. The van der Waals surface area contributed by atoms with Gasteiger partial charge in [0.2, 0.25) is 0 Å². The van der Waals surface area contributed by atoms with E-state index in [1.54, 1.807) is 41.7 Å². The van der Waals surface area contributed by atoms with Crippen molar-refractivity contribution in [3.05, 3.63) is 48.5 Å². The van der Waals surface area contributed by atoms with Crippen molar-refractivity contribution in [3.63, 3.8) is 0 Å². The first-order valence-electron chi connectivity index (χ1n) is 25.8. The second-order valence-electron chi connectivity index (χ2n) is 21.7. The molecular formula is C54H88N4O13S. The molecule has 3 fully saturated rings. The maximum atomic E-state index is 14.6. The molecule has 0 unspecified atom stereocenters. The normalized spacial score (nSPS) is 38.8. The van der Waals surface area contributed by atoms with Crippen LogP contribution in [0.2, 0.25) is 0 Å². The number of nitrogens with one attached hydrogen (secondary N) is 2. The molecule has 7 N–H and O–H groups in total. The van der Waals surface area contributed by atoms with E-state index in [2.05, 4.69) is 15.5 Å². The van der Waals surface area contributed by atoms with Crippen LogP contribution in [0.4, 0.5) is 5.69 Å². The highest BCUT2D eigenvalue weighted by molar-refractivity contribution is 7.80. The minimum Gasteiger partial charge on any atom is -0.495 e. The zero-order valence-corrected chi connectivity index (χ0v) is 46.1. The molecule has 0 aliphatic carbocycles. The van der Waals surface area contributed by atoms with Gasteiger partial charge in [0.15, 0.2) is 17.7 Å². The molecule has 408 valence electrons. The number of ether oxygens (including phenoxy) is 7. The molecule has 5 rings (SSSR count). The zero-order valence-electron chi connectivity index (χ0n) is 45.2. The first kappa shape index (κ1) is 59.8. The molecule has 2 aromatic rings. The second-order valence-corrected chi connectivity index (χ2v) is 22.1. The minimum atomic E-state index is -1.91. The van der Waals surface area contributed by atoms with Crippen molar-refractivity contribution >= 4 is 29.0 Å². The van der Waals surface area contributed by atoms with Gasteiger partial charge in [-0.15, -0.1) is 0 Å². The minimum absolute atomic E-state index is 0.104. The summed E-state index contributed by atoms with van der Waals surface area (Å²) in [5, 5.41) is 67.3. The standard InChI is InChI=1S/C54H88N4O13S/c1-15-42-54(10,64)46(60)35(6)58(25-19-24-55-51(72)56-39-27-38(22-23-41(39)65-13)37-20-17-16-18-21-37)30-31(2)28-52(8,63)48(71-50-44(59)40(57(11)12)26-32(3)67-50)33(4)45(34(5)49(62)69-42)70-43-29-53(9,66-14)47(61)36(7)68-43/h16-18,20-23,27,31-36,40,42-48,50,59-61,63-64H,15,19,24-26,28-30H2,1-14H3,(H2,55,56,72)/t31-,32-,33+,34-,35-,36+,40+,42-,43+,44-,45+,46-,47+,48-,50+,52-,53-,54-/m1/s1. The lowest BCUT2D eigenvalue weighted by atomic mass is 9.77. The summed E-state index contributed by atoms with van der Waals surface area (Å²) in [6.45, 7) is 19.0. The van der Waals surface area contributed by atoms with Crippen molar-refractivity contribution < 1.29 is 63.5 Å². The Morgan fingerprint density at radius 3 is 2.22 bits per heavy atom. The van der Waals surface area contributed by atoms with E-state index < -0.39 is 96.0 Å². The average Bonchev–Trinajstić information content (AvgIpc) is 3.33. The number of benzene rings is 2. The molecule has 0 aromatic heterocycles. The number of likely N-dealkylation sites (N-methyl/N-ethyl adjacent to an activating group) is 1. The summed E-state index contributed by atoms with van der Waals surface area (Å²) in [6, 6.07) is 14.9. The fourth-order valence-corrected chi connectivity index (χ4v) is 11.4. The lowest BCUT2D eigenvalue weighted by molar-refractivity contribution is -0.318. The molecule has 0 spiro atoms. The number of carbonyl (C=O) groups is 1. The fraction of sp³-hybridized carbons (Fsp3) is 0.741. The third-order valence-electron chi connectivity index (χ3n) is 15.5. The van der Waals surface area contributed by atoms with E-state index in [-0.39, 0.29) is 37.3 Å². The highest BCUT2D eigenvalue weighted by Gasteiger charge is 2.53. The Kier molecular flexibility index (Phi) is 21.3. The summed E-state index contributed by atoms with van der Waals surface area (Å²) in [6.07, 6.45) is -8.37. The van der Waals surface area contributed by atoms with Crippen LogP contribution in [0, 0.1) is 17.8 Å². The number of hydrogen-bond acceptors (Lipinski definition) is 16. The molecule has 3 saturated heterocycles. The van der Waals surface area contributed by atoms with Gasteiger partial charge in [0.1, 0.15) is 35.8 Å². The number of thiocarbonyl (C=S) groups is 1. The van der Waals surface area contributed by atoms with Gasteiger partial charge >= 0.3 is 5.97 Å². The predicted molar refractivity (Wildman–Crippen MR) is 280 cm³/mol. The zero-order chi connectivity index (χ0) is 53.5. The third-order valence-corrected chi connectivity index (χ3v) is 15.7. The number of hydrogen-bond donors (Lipinski definition) is 7. The van der Waals surface area contributed by atoms with E-state index in [1.807, 2.05) is 95.2 Å². The molecule has 2 aromatic carbocycles. The van der Waals surface area contributed by atoms with Crippen LogP contribution in [-0.4, -0.2) is 185 Å². The summed E-state index contributed by atoms with van der Waals surface area (Å²) in [7, 11) is 6.88. The van der Waals surface area contributed by atoms with Crippen molar-refractivity contribution in [2.75, 3.05) is 53.3 Å². The lowest BCUT2D eigenvalue weighted by Gasteiger charge is -2.48. The Morgan fingerprint density at radius 1 is 0.917 bits per heavy atom. The first-order valence-corrected chi connectivity index (χ1v) is 26.2. The van der Waals surface area contributed by atoms with Crippen LogP contribution in [0.25, 0.3) is 11.1 Å². The van der Waals surface area contributed by atoms with Crippen LogP contribution < -0.4 is 15.4 Å². The van der Waals surface area contributed by atoms with Crippen LogP contribution in [0.1, 0.15) is 101 Å². The van der Waals surface area contributed by atoms with Crippen molar-refractivity contribution in [1.29, 1.82) is 0 Å². The maximum absolute atomic E-state index is 14.6. The Balaban J connectivity index is 1.46. The number of methoxy groups -OCH3 is 2. The van der Waals surface area contributed by atoms with Gasteiger partial charge in [-0.1, -0.05) is 57.2 Å². The Hall–Kier alpha value is -3.08. The third kappa shape index (κ3) is 14.4. The van der Waals surface area contributed by atoms with E-state index in [4.69, 9.17) is 45.4 Å². The van der Waals surface area contributed by atoms with E-state index in [0.717, 1.165) is 11.1 Å². The molecule has 3 heterocycles. The number of aliphatic hydroxyl groups excluding tert-OH is 3. The topological polar surface area (TPSA) is 213 Å². The quantitative estimate of drug-likeness (QED) is 0.0725. The van der Waals surface area contributed by atoms with Gasteiger partial charge < -0.3 is 74.2 Å². The van der Waals surface area contributed by atoms with Crippen molar-refractivity contribution in [2.45, 2.75) is 192 Å². The summed E-state index contributed by atoms with van der Waals surface area (Å²) in [5.74, 6) is -2.21. The number of cyclic esters (lactones) is 1. The lowest BCUT2D eigenvalue weighted by Crippen LogP contribution is -2.60. The number of anilines is 1. The molecule has 3 aliphatic heterocycles. The van der Waals surface area contributed by atoms with Crippen LogP contribution in [0.15, 0.2) is 48.5 Å². The largest absolute Gasteiger partial charge is 0.495 e. The van der Waals surface area contributed by atoms with Crippen molar-refractivity contribution in [3.8, 4) is 16.9 Å². The van der Waals surface area contributed by atoms with Crippen LogP contribution in [-0.2, 0) is 33.2 Å². The first-order chi connectivity index (χ1) is 33.8. The van der Waals surface area contributed by atoms with Gasteiger partial charge in [-0.25, -0.2) is 0 Å². The molecule has 72 heavy (non-hydrogen) atoms. The Bertz CT molecular complexity index is 2030.